The highest BCUT2D eigenvalue weighted by Gasteiger charge is 2.61. The van der Waals surface area contributed by atoms with Crippen molar-refractivity contribution in [1.29, 1.82) is 0 Å². The molecule has 0 amide bonds. The van der Waals surface area contributed by atoms with E-state index in [4.69, 9.17) is 5.73 Å². The fourth-order valence-corrected chi connectivity index (χ4v) is 9.86. The standard InChI is InChI=1S/C31H58N4/c1-22-11-12-30(4)25(19-22)7-8-29-28(30)10-9-27-26(23(2)21-31(27,29)5)20-24(3)35-18-17-34-15-6-14-33-16-13-32/h22-23,25-29,33-35H,3,6-21,32H2,1-2,4-5H3. The Labute approximate surface area is 217 Å². The van der Waals surface area contributed by atoms with E-state index in [9.17, 15) is 0 Å². The number of nitrogens with two attached hydrogens (primary N) is 1. The van der Waals surface area contributed by atoms with E-state index < -0.39 is 0 Å². The molecular formula is C31H58N4. The Hall–Kier alpha value is -0.580. The van der Waals surface area contributed by atoms with Crippen LogP contribution in [0.4, 0.5) is 0 Å². The summed E-state index contributed by atoms with van der Waals surface area (Å²) in [5.41, 5.74) is 7.98. The van der Waals surface area contributed by atoms with Crippen LogP contribution in [0.2, 0.25) is 0 Å². The molecule has 4 nitrogen and oxygen atoms in total. The average Bonchev–Trinajstić information content (AvgIpc) is 3.07. The molecule has 4 rings (SSSR count). The summed E-state index contributed by atoms with van der Waals surface area (Å²) in [5.74, 6) is 6.46. The highest BCUT2D eigenvalue weighted by molar-refractivity contribution is 5.12. The molecule has 0 spiro atoms. The van der Waals surface area contributed by atoms with E-state index in [0.717, 1.165) is 87.1 Å². The third-order valence-electron chi connectivity index (χ3n) is 11.6. The first-order chi connectivity index (χ1) is 16.8. The van der Waals surface area contributed by atoms with Crippen molar-refractivity contribution < 1.29 is 0 Å². The van der Waals surface area contributed by atoms with Gasteiger partial charge in [-0.15, -0.1) is 0 Å². The van der Waals surface area contributed by atoms with Crippen molar-refractivity contribution in [3.63, 3.8) is 0 Å². The highest BCUT2D eigenvalue weighted by Crippen LogP contribution is 2.69. The summed E-state index contributed by atoms with van der Waals surface area (Å²) in [5, 5.41) is 10.6. The molecule has 9 unspecified atom stereocenters. The van der Waals surface area contributed by atoms with Crippen molar-refractivity contribution >= 4 is 0 Å². The highest BCUT2D eigenvalue weighted by atomic mass is 15.0. The minimum Gasteiger partial charge on any atom is -0.388 e. The third kappa shape index (κ3) is 5.80. The summed E-state index contributed by atoms with van der Waals surface area (Å²) in [6.07, 6.45) is 14.3. The van der Waals surface area contributed by atoms with Crippen LogP contribution in [0, 0.1) is 52.3 Å². The van der Waals surface area contributed by atoms with Crippen molar-refractivity contribution in [2.75, 3.05) is 39.3 Å². The number of fused-ring (bicyclic) bond motifs is 5. The maximum Gasteiger partial charge on any atom is 0.0269 e. The van der Waals surface area contributed by atoms with E-state index in [-0.39, 0.29) is 0 Å². The molecule has 4 fully saturated rings. The Kier molecular flexibility index (Phi) is 9.30. The van der Waals surface area contributed by atoms with Crippen molar-refractivity contribution in [2.24, 2.45) is 58.0 Å². The second-order valence-electron chi connectivity index (χ2n) is 13.8. The molecule has 5 N–H and O–H groups in total. The van der Waals surface area contributed by atoms with Crippen molar-refractivity contribution in [1.82, 2.24) is 16.0 Å². The van der Waals surface area contributed by atoms with Crippen molar-refractivity contribution in [3.8, 4) is 0 Å². The summed E-state index contributed by atoms with van der Waals surface area (Å²) in [6, 6.07) is 0. The van der Waals surface area contributed by atoms with Crippen LogP contribution in [0.5, 0.6) is 0 Å². The molecule has 0 heterocycles. The molecule has 0 bridgehead atoms. The van der Waals surface area contributed by atoms with Gasteiger partial charge >= 0.3 is 0 Å². The van der Waals surface area contributed by atoms with Crippen LogP contribution in [-0.2, 0) is 0 Å². The van der Waals surface area contributed by atoms with E-state index in [1.54, 1.807) is 0 Å². The van der Waals surface area contributed by atoms with Gasteiger partial charge in [0, 0.05) is 31.9 Å². The van der Waals surface area contributed by atoms with Gasteiger partial charge in [0.15, 0.2) is 0 Å². The summed E-state index contributed by atoms with van der Waals surface area (Å²) in [6.45, 7) is 20.7. The molecule has 0 radical (unpaired) electrons. The first-order valence-corrected chi connectivity index (χ1v) is 15.3. The van der Waals surface area contributed by atoms with Gasteiger partial charge in [0.2, 0.25) is 0 Å². The topological polar surface area (TPSA) is 62.1 Å². The van der Waals surface area contributed by atoms with Crippen LogP contribution in [0.25, 0.3) is 0 Å². The molecule has 4 heteroatoms. The second-order valence-corrected chi connectivity index (χ2v) is 13.8. The second kappa shape index (κ2) is 11.9. The van der Waals surface area contributed by atoms with E-state index in [1.165, 1.54) is 63.5 Å². The number of nitrogens with one attached hydrogen (secondary N) is 3. The summed E-state index contributed by atoms with van der Waals surface area (Å²) in [7, 11) is 0. The van der Waals surface area contributed by atoms with Gasteiger partial charge in [-0.25, -0.2) is 0 Å². The van der Waals surface area contributed by atoms with Gasteiger partial charge in [-0.3, -0.25) is 0 Å². The van der Waals surface area contributed by atoms with Gasteiger partial charge in [0.25, 0.3) is 0 Å². The van der Waals surface area contributed by atoms with Gasteiger partial charge < -0.3 is 21.7 Å². The predicted molar refractivity (Wildman–Crippen MR) is 150 cm³/mol. The largest absolute Gasteiger partial charge is 0.388 e. The van der Waals surface area contributed by atoms with Crippen LogP contribution >= 0.6 is 0 Å². The summed E-state index contributed by atoms with van der Waals surface area (Å²) < 4.78 is 0. The lowest BCUT2D eigenvalue weighted by Crippen LogP contribution is -2.54. The minimum atomic E-state index is 0.559. The lowest BCUT2D eigenvalue weighted by molar-refractivity contribution is -0.127. The van der Waals surface area contributed by atoms with Crippen LogP contribution in [0.15, 0.2) is 12.3 Å². The molecule has 4 aliphatic carbocycles. The van der Waals surface area contributed by atoms with E-state index >= 15 is 0 Å². The van der Waals surface area contributed by atoms with Crippen molar-refractivity contribution in [3.05, 3.63) is 12.3 Å². The zero-order valence-corrected chi connectivity index (χ0v) is 23.6. The van der Waals surface area contributed by atoms with Gasteiger partial charge in [0.05, 0.1) is 0 Å². The van der Waals surface area contributed by atoms with Gasteiger partial charge in [-0.2, -0.15) is 0 Å². The van der Waals surface area contributed by atoms with Crippen LogP contribution in [0.3, 0.4) is 0 Å². The minimum absolute atomic E-state index is 0.559. The fourth-order valence-electron chi connectivity index (χ4n) is 9.86. The monoisotopic (exact) mass is 486 g/mol. The Balaban J connectivity index is 1.26. The number of rotatable bonds is 12. The molecule has 0 saturated heterocycles. The van der Waals surface area contributed by atoms with Crippen LogP contribution in [-0.4, -0.2) is 39.3 Å². The zero-order valence-electron chi connectivity index (χ0n) is 23.6. The van der Waals surface area contributed by atoms with E-state index in [1.807, 2.05) is 0 Å². The molecule has 0 aliphatic heterocycles. The average molecular weight is 487 g/mol. The summed E-state index contributed by atoms with van der Waals surface area (Å²) >= 11 is 0. The van der Waals surface area contributed by atoms with E-state index in [2.05, 4.69) is 50.2 Å². The van der Waals surface area contributed by atoms with Gasteiger partial charge in [-0.05, 0) is 123 Å². The Morgan fingerprint density at radius 1 is 0.857 bits per heavy atom. The Morgan fingerprint density at radius 3 is 2.31 bits per heavy atom. The SMILES string of the molecule is C=C(CC1C(C)CC2(C)C1CCC1C2CCC2CC(C)CCC21C)NCCNCCCNCCN. The molecule has 0 aromatic carbocycles. The lowest BCUT2D eigenvalue weighted by Gasteiger charge is -2.62. The Bertz CT molecular complexity index is 693. The van der Waals surface area contributed by atoms with Gasteiger partial charge in [-0.1, -0.05) is 40.7 Å². The molecule has 0 aromatic rings. The number of hydrogen-bond acceptors (Lipinski definition) is 4. The molecule has 4 aliphatic rings. The van der Waals surface area contributed by atoms with Crippen LogP contribution in [0.1, 0.15) is 91.9 Å². The fraction of sp³-hybridized carbons (Fsp3) is 0.935. The molecule has 4 saturated carbocycles. The predicted octanol–water partition coefficient (Wildman–Crippen LogP) is 5.55. The zero-order chi connectivity index (χ0) is 25.1. The first-order valence-electron chi connectivity index (χ1n) is 15.3. The smallest absolute Gasteiger partial charge is 0.0269 e. The number of hydrogen-bond donors (Lipinski definition) is 4. The molecule has 9 atom stereocenters. The molecular weight excluding hydrogens is 428 g/mol. The van der Waals surface area contributed by atoms with E-state index in [0.29, 0.717) is 10.8 Å². The first kappa shape index (κ1) is 27.5. The third-order valence-corrected chi connectivity index (χ3v) is 11.6. The lowest BCUT2D eigenvalue weighted by atomic mass is 9.43. The maximum atomic E-state index is 5.51. The van der Waals surface area contributed by atoms with Crippen LogP contribution < -0.4 is 21.7 Å². The maximum absolute atomic E-state index is 5.51. The van der Waals surface area contributed by atoms with Crippen molar-refractivity contribution in [2.45, 2.75) is 91.9 Å². The quantitative estimate of drug-likeness (QED) is 0.273. The number of allylic oxidation sites excluding steroid dienone is 1. The molecule has 35 heavy (non-hydrogen) atoms. The molecule has 0 aromatic heterocycles. The van der Waals surface area contributed by atoms with Gasteiger partial charge in [0.1, 0.15) is 0 Å². The Morgan fingerprint density at radius 2 is 1.54 bits per heavy atom. The normalized spacial score (nSPS) is 42.7. The molecule has 202 valence electrons. The summed E-state index contributed by atoms with van der Waals surface area (Å²) in [4.78, 5) is 0.